The van der Waals surface area contributed by atoms with E-state index in [1.54, 1.807) is 4.90 Å². The lowest BCUT2D eigenvalue weighted by Crippen LogP contribution is -2.25. The highest BCUT2D eigenvalue weighted by molar-refractivity contribution is 5.75. The highest BCUT2D eigenvalue weighted by Gasteiger charge is 2.08. The molecule has 0 aromatic heterocycles. The lowest BCUT2D eigenvalue weighted by Gasteiger charge is -2.17. The number of hydrogen-bond acceptors (Lipinski definition) is 2. The van der Waals surface area contributed by atoms with Crippen molar-refractivity contribution in [1.29, 1.82) is 0 Å². The quantitative estimate of drug-likeness (QED) is 0.619. The molecule has 21 heavy (non-hydrogen) atoms. The molecule has 1 aromatic rings. The van der Waals surface area contributed by atoms with E-state index in [1.165, 1.54) is 0 Å². The number of carbonyl (C=O) groups excluding carboxylic acids is 1. The molecule has 0 saturated carbocycles. The van der Waals surface area contributed by atoms with Crippen LogP contribution in [0.15, 0.2) is 24.3 Å². The highest BCUT2D eigenvalue weighted by atomic mass is 16.2. The smallest absolute Gasteiger partial charge is 0.222 e. The van der Waals surface area contributed by atoms with Crippen molar-refractivity contribution in [3.63, 3.8) is 0 Å². The van der Waals surface area contributed by atoms with Gasteiger partial charge in [-0.05, 0) is 24.1 Å². The molecule has 0 aliphatic carbocycles. The van der Waals surface area contributed by atoms with Crippen LogP contribution in [0.4, 0.5) is 0 Å². The van der Waals surface area contributed by atoms with E-state index in [1.807, 2.05) is 31.3 Å². The number of nitrogens with zero attached hydrogens (tertiary/aromatic N) is 1. The molecule has 0 spiro atoms. The monoisotopic (exact) mass is 287 g/mol. The maximum atomic E-state index is 11.9. The third-order valence-electron chi connectivity index (χ3n) is 3.26. The summed E-state index contributed by atoms with van der Waals surface area (Å²) in [6, 6.07) is 7.90. The Morgan fingerprint density at radius 3 is 2.57 bits per heavy atom. The van der Waals surface area contributed by atoms with E-state index in [2.05, 4.69) is 18.8 Å². The fraction of sp³-hybridized carbons (Fsp3) is 0.500. The van der Waals surface area contributed by atoms with E-state index in [4.69, 9.17) is 5.11 Å². The van der Waals surface area contributed by atoms with Crippen molar-refractivity contribution in [2.24, 2.45) is 0 Å². The summed E-state index contributed by atoms with van der Waals surface area (Å²) in [6.45, 7) is 2.87. The van der Waals surface area contributed by atoms with Gasteiger partial charge in [0.1, 0.15) is 0 Å². The zero-order chi connectivity index (χ0) is 15.5. The van der Waals surface area contributed by atoms with E-state index in [0.29, 0.717) is 19.4 Å². The van der Waals surface area contributed by atoms with Gasteiger partial charge < -0.3 is 10.0 Å². The van der Waals surface area contributed by atoms with Crippen LogP contribution >= 0.6 is 0 Å². The Bertz CT molecular complexity index is 482. The van der Waals surface area contributed by atoms with Gasteiger partial charge in [-0.25, -0.2) is 0 Å². The minimum Gasteiger partial charge on any atom is -0.395 e. The molecule has 0 radical (unpaired) electrons. The molecule has 0 unspecified atom stereocenters. The first-order valence-electron chi connectivity index (χ1n) is 7.60. The number of unbranched alkanes of at least 4 members (excludes halogenated alkanes) is 2. The molecule has 0 saturated heterocycles. The molecule has 114 valence electrons. The topological polar surface area (TPSA) is 40.5 Å². The second-order valence-corrected chi connectivity index (χ2v) is 5.18. The fourth-order valence-corrected chi connectivity index (χ4v) is 1.99. The van der Waals surface area contributed by atoms with Crippen LogP contribution in [0.2, 0.25) is 0 Å². The van der Waals surface area contributed by atoms with Gasteiger partial charge in [-0.3, -0.25) is 4.79 Å². The van der Waals surface area contributed by atoms with Crippen molar-refractivity contribution in [1.82, 2.24) is 4.90 Å². The molecule has 0 fully saturated rings. The van der Waals surface area contributed by atoms with E-state index < -0.39 is 0 Å². The minimum absolute atomic E-state index is 0.0933. The average Bonchev–Trinajstić information content (AvgIpc) is 2.49. The molecule has 3 nitrogen and oxygen atoms in total. The van der Waals surface area contributed by atoms with Crippen LogP contribution in [0, 0.1) is 11.8 Å². The van der Waals surface area contributed by atoms with Gasteiger partial charge >= 0.3 is 0 Å². The molecule has 0 atom stereocenters. The molecular weight excluding hydrogens is 262 g/mol. The number of amides is 1. The predicted molar refractivity (Wildman–Crippen MR) is 85.6 cm³/mol. The van der Waals surface area contributed by atoms with Gasteiger partial charge in [-0.15, -0.1) is 0 Å². The van der Waals surface area contributed by atoms with Crippen LogP contribution in [-0.2, 0) is 11.3 Å². The Kier molecular flexibility index (Phi) is 8.23. The van der Waals surface area contributed by atoms with Crippen LogP contribution < -0.4 is 0 Å². The number of aliphatic hydroxyl groups excluding tert-OH is 1. The van der Waals surface area contributed by atoms with E-state index in [9.17, 15) is 4.79 Å². The summed E-state index contributed by atoms with van der Waals surface area (Å²) < 4.78 is 0. The summed E-state index contributed by atoms with van der Waals surface area (Å²) in [6.07, 6.45) is 4.35. The number of benzene rings is 1. The lowest BCUT2D eigenvalue weighted by atomic mass is 10.1. The first-order valence-corrected chi connectivity index (χ1v) is 7.60. The van der Waals surface area contributed by atoms with Crippen molar-refractivity contribution in [2.75, 3.05) is 13.7 Å². The van der Waals surface area contributed by atoms with Gasteiger partial charge in [0.15, 0.2) is 0 Å². The minimum atomic E-state index is 0.0933. The molecule has 0 heterocycles. The van der Waals surface area contributed by atoms with Crippen LogP contribution in [0.1, 0.15) is 50.2 Å². The van der Waals surface area contributed by atoms with Crippen molar-refractivity contribution in [2.45, 2.75) is 45.6 Å². The predicted octanol–water partition coefficient (Wildman–Crippen LogP) is 2.96. The van der Waals surface area contributed by atoms with Crippen LogP contribution in [0.5, 0.6) is 0 Å². The molecule has 1 rings (SSSR count). The zero-order valence-electron chi connectivity index (χ0n) is 13.1. The second-order valence-electron chi connectivity index (χ2n) is 5.18. The Morgan fingerprint density at radius 2 is 1.95 bits per heavy atom. The van der Waals surface area contributed by atoms with Crippen molar-refractivity contribution in [3.8, 4) is 11.8 Å². The molecule has 1 amide bonds. The van der Waals surface area contributed by atoms with E-state index in [0.717, 1.165) is 30.4 Å². The van der Waals surface area contributed by atoms with Gasteiger partial charge in [-0.2, -0.15) is 0 Å². The number of aliphatic hydroxyl groups is 1. The Labute approximate surface area is 128 Å². The maximum absolute atomic E-state index is 11.9. The Balaban J connectivity index is 2.47. The van der Waals surface area contributed by atoms with Gasteiger partial charge in [0.25, 0.3) is 0 Å². The standard InChI is InChI=1S/C18H25NO2/c1-3-4-5-9-18(21)19(2)15-17-12-10-16(11-13-17)8-6-7-14-20/h10-13,20H,3-5,7,9,14-15H2,1-2H3. The number of carbonyl (C=O) groups is 1. The van der Waals surface area contributed by atoms with Crippen LogP contribution in [0.25, 0.3) is 0 Å². The van der Waals surface area contributed by atoms with E-state index >= 15 is 0 Å². The van der Waals surface area contributed by atoms with Crippen LogP contribution in [-0.4, -0.2) is 29.6 Å². The highest BCUT2D eigenvalue weighted by Crippen LogP contribution is 2.08. The zero-order valence-corrected chi connectivity index (χ0v) is 13.1. The molecule has 3 heteroatoms. The first kappa shape index (κ1) is 17.3. The molecule has 1 N–H and O–H groups in total. The number of hydrogen-bond donors (Lipinski definition) is 1. The summed E-state index contributed by atoms with van der Waals surface area (Å²) in [5, 5.41) is 8.68. The largest absolute Gasteiger partial charge is 0.395 e. The summed E-state index contributed by atoms with van der Waals surface area (Å²) in [5.41, 5.74) is 2.04. The Morgan fingerprint density at radius 1 is 1.24 bits per heavy atom. The van der Waals surface area contributed by atoms with E-state index in [-0.39, 0.29) is 12.5 Å². The molecule has 0 aliphatic heterocycles. The molecule has 0 bridgehead atoms. The molecular formula is C18H25NO2. The van der Waals surface area contributed by atoms with Gasteiger partial charge in [0.05, 0.1) is 6.61 Å². The average molecular weight is 287 g/mol. The normalized spacial score (nSPS) is 9.86. The summed E-state index contributed by atoms with van der Waals surface area (Å²) >= 11 is 0. The van der Waals surface area contributed by atoms with Gasteiger partial charge in [0.2, 0.25) is 5.91 Å². The fourth-order valence-electron chi connectivity index (χ4n) is 1.99. The third-order valence-corrected chi connectivity index (χ3v) is 3.26. The second kappa shape index (κ2) is 10.0. The lowest BCUT2D eigenvalue weighted by molar-refractivity contribution is -0.130. The van der Waals surface area contributed by atoms with Crippen molar-refractivity contribution in [3.05, 3.63) is 35.4 Å². The van der Waals surface area contributed by atoms with Crippen LogP contribution in [0.3, 0.4) is 0 Å². The van der Waals surface area contributed by atoms with Gasteiger partial charge in [0, 0.05) is 32.0 Å². The van der Waals surface area contributed by atoms with Crippen molar-refractivity contribution < 1.29 is 9.90 Å². The molecule has 0 aliphatic rings. The molecule has 1 aromatic carbocycles. The Hall–Kier alpha value is -1.79. The maximum Gasteiger partial charge on any atom is 0.222 e. The first-order chi connectivity index (χ1) is 10.2. The summed E-state index contributed by atoms with van der Waals surface area (Å²) in [5.74, 6) is 6.09. The summed E-state index contributed by atoms with van der Waals surface area (Å²) in [4.78, 5) is 13.7. The SMILES string of the molecule is CCCCCC(=O)N(C)Cc1ccc(C#CCCO)cc1. The van der Waals surface area contributed by atoms with Crippen molar-refractivity contribution >= 4 is 5.91 Å². The number of rotatable bonds is 7. The summed E-state index contributed by atoms with van der Waals surface area (Å²) in [7, 11) is 1.85. The third kappa shape index (κ3) is 6.97. The van der Waals surface area contributed by atoms with Gasteiger partial charge in [-0.1, -0.05) is 43.7 Å².